The van der Waals surface area contributed by atoms with Gasteiger partial charge >= 0.3 is 0 Å². The van der Waals surface area contributed by atoms with Gasteiger partial charge in [0.25, 0.3) is 5.69 Å². The Morgan fingerprint density at radius 1 is 1.10 bits per heavy atom. The van der Waals surface area contributed by atoms with Crippen LogP contribution < -0.4 is 14.4 Å². The summed E-state index contributed by atoms with van der Waals surface area (Å²) in [5, 5.41) is 11.2. The second-order valence-electron chi connectivity index (χ2n) is 4.68. The lowest BCUT2D eigenvalue weighted by Gasteiger charge is -2.22. The molecule has 1 rings (SSSR count). The Morgan fingerprint density at radius 2 is 1.65 bits per heavy atom. The molecule has 112 valence electrons. The quantitative estimate of drug-likeness (QED) is 0.559. The van der Waals surface area contributed by atoms with Gasteiger partial charge in [-0.2, -0.15) is 0 Å². The van der Waals surface area contributed by atoms with Crippen LogP contribution in [-0.4, -0.2) is 58.3 Å². The molecular weight excluding hydrogens is 262 g/mol. The predicted molar refractivity (Wildman–Crippen MR) is 78.0 cm³/mol. The number of hydrogen-bond acceptors (Lipinski definition) is 6. The number of methoxy groups -OCH3 is 2. The number of anilines is 1. The van der Waals surface area contributed by atoms with Gasteiger partial charge in [0.1, 0.15) is 5.69 Å². The molecule has 0 saturated carbocycles. The molecule has 0 aliphatic rings. The predicted octanol–water partition coefficient (Wildman–Crippen LogP) is 1.61. The normalized spacial score (nSPS) is 10.5. The van der Waals surface area contributed by atoms with Crippen LogP contribution in [0.2, 0.25) is 0 Å². The summed E-state index contributed by atoms with van der Waals surface area (Å²) < 4.78 is 10.3. The molecule has 0 amide bonds. The summed E-state index contributed by atoms with van der Waals surface area (Å²) in [6, 6.07) is 3.02. The minimum Gasteiger partial charge on any atom is -0.493 e. The fraction of sp³-hybridized carbons (Fsp3) is 0.538. The summed E-state index contributed by atoms with van der Waals surface area (Å²) >= 11 is 0. The lowest BCUT2D eigenvalue weighted by molar-refractivity contribution is -0.384. The Bertz CT molecular complexity index is 477. The molecule has 0 aliphatic carbocycles. The topological polar surface area (TPSA) is 68.1 Å². The lowest BCUT2D eigenvalue weighted by atomic mass is 10.2. The maximum atomic E-state index is 11.2. The third kappa shape index (κ3) is 3.74. The van der Waals surface area contributed by atoms with E-state index < -0.39 is 4.92 Å². The molecule has 0 aliphatic heterocycles. The van der Waals surface area contributed by atoms with Gasteiger partial charge in [0, 0.05) is 26.2 Å². The highest BCUT2D eigenvalue weighted by atomic mass is 16.6. The van der Waals surface area contributed by atoms with Crippen molar-refractivity contribution >= 4 is 11.4 Å². The zero-order chi connectivity index (χ0) is 15.3. The molecule has 20 heavy (non-hydrogen) atoms. The molecule has 1 aromatic carbocycles. The van der Waals surface area contributed by atoms with Crippen molar-refractivity contribution in [1.29, 1.82) is 0 Å². The van der Waals surface area contributed by atoms with E-state index in [0.717, 1.165) is 6.54 Å². The second kappa shape index (κ2) is 6.95. The van der Waals surface area contributed by atoms with Gasteiger partial charge in [0.15, 0.2) is 11.5 Å². The second-order valence-corrected chi connectivity index (χ2v) is 4.68. The molecule has 0 bridgehead atoms. The van der Waals surface area contributed by atoms with Gasteiger partial charge in [-0.1, -0.05) is 0 Å². The van der Waals surface area contributed by atoms with E-state index in [4.69, 9.17) is 9.47 Å². The van der Waals surface area contributed by atoms with Crippen molar-refractivity contribution in [2.75, 3.05) is 53.4 Å². The fourth-order valence-corrected chi connectivity index (χ4v) is 1.78. The molecule has 0 unspecified atom stereocenters. The third-order valence-electron chi connectivity index (χ3n) is 2.97. The SMILES string of the molecule is COc1cc(N(C)CCN(C)C)c([N+](=O)[O-])cc1OC. The summed E-state index contributed by atoms with van der Waals surface area (Å²) in [7, 11) is 8.69. The first-order valence-corrected chi connectivity index (χ1v) is 6.17. The van der Waals surface area contributed by atoms with Crippen LogP contribution in [0.5, 0.6) is 11.5 Å². The minimum atomic E-state index is -0.413. The van der Waals surface area contributed by atoms with E-state index in [-0.39, 0.29) is 5.69 Å². The number of ether oxygens (including phenoxy) is 2. The number of nitrogens with zero attached hydrogens (tertiary/aromatic N) is 3. The smallest absolute Gasteiger partial charge is 0.296 e. The van der Waals surface area contributed by atoms with E-state index in [1.807, 2.05) is 30.9 Å². The average molecular weight is 283 g/mol. The van der Waals surface area contributed by atoms with Gasteiger partial charge in [-0.15, -0.1) is 0 Å². The molecular formula is C13H21N3O4. The molecule has 0 radical (unpaired) electrons. The molecule has 0 fully saturated rings. The lowest BCUT2D eigenvalue weighted by Crippen LogP contribution is -2.28. The van der Waals surface area contributed by atoms with Crippen LogP contribution in [-0.2, 0) is 0 Å². The van der Waals surface area contributed by atoms with Crippen molar-refractivity contribution < 1.29 is 14.4 Å². The number of hydrogen-bond donors (Lipinski definition) is 0. The number of nitro groups is 1. The third-order valence-corrected chi connectivity index (χ3v) is 2.97. The van der Waals surface area contributed by atoms with Crippen LogP contribution >= 0.6 is 0 Å². The Balaban J connectivity index is 3.18. The molecule has 0 N–H and O–H groups in total. The van der Waals surface area contributed by atoms with Crippen molar-refractivity contribution in [3.63, 3.8) is 0 Å². The monoisotopic (exact) mass is 283 g/mol. The number of rotatable bonds is 7. The van der Waals surface area contributed by atoms with Crippen LogP contribution in [0.15, 0.2) is 12.1 Å². The number of likely N-dealkylation sites (N-methyl/N-ethyl adjacent to an activating group) is 2. The van der Waals surface area contributed by atoms with Crippen LogP contribution in [0.4, 0.5) is 11.4 Å². The van der Waals surface area contributed by atoms with Crippen molar-refractivity contribution in [2.24, 2.45) is 0 Å². The van der Waals surface area contributed by atoms with E-state index in [1.165, 1.54) is 20.3 Å². The van der Waals surface area contributed by atoms with Crippen molar-refractivity contribution in [2.45, 2.75) is 0 Å². The van der Waals surface area contributed by atoms with Gasteiger partial charge in [0.05, 0.1) is 25.2 Å². The van der Waals surface area contributed by atoms with Crippen molar-refractivity contribution in [1.82, 2.24) is 4.90 Å². The summed E-state index contributed by atoms with van der Waals surface area (Å²) in [5.74, 6) is 0.828. The van der Waals surface area contributed by atoms with E-state index in [9.17, 15) is 10.1 Å². The standard InChI is InChI=1S/C13H21N3O4/c1-14(2)6-7-15(3)10-8-12(19-4)13(20-5)9-11(10)16(17)18/h8-9H,6-7H2,1-5H3. The van der Waals surface area contributed by atoms with Crippen molar-refractivity contribution in [3.8, 4) is 11.5 Å². The van der Waals surface area contributed by atoms with Crippen molar-refractivity contribution in [3.05, 3.63) is 22.2 Å². The Labute approximate surface area is 118 Å². The first-order chi connectivity index (χ1) is 9.40. The molecule has 7 heteroatoms. The molecule has 1 aromatic rings. The van der Waals surface area contributed by atoms with Gasteiger partial charge in [-0.05, 0) is 14.1 Å². The first-order valence-electron chi connectivity index (χ1n) is 6.17. The average Bonchev–Trinajstić information content (AvgIpc) is 2.42. The van der Waals surface area contributed by atoms with E-state index >= 15 is 0 Å². The van der Waals surface area contributed by atoms with Crippen LogP contribution in [0.3, 0.4) is 0 Å². The summed E-state index contributed by atoms with van der Waals surface area (Å²) in [4.78, 5) is 14.6. The summed E-state index contributed by atoms with van der Waals surface area (Å²) in [5.41, 5.74) is 0.512. The molecule has 7 nitrogen and oxygen atoms in total. The van der Waals surface area contributed by atoms with E-state index in [2.05, 4.69) is 0 Å². The van der Waals surface area contributed by atoms with Gasteiger partial charge in [-0.25, -0.2) is 0 Å². The zero-order valence-electron chi connectivity index (χ0n) is 12.5. The largest absolute Gasteiger partial charge is 0.493 e. The molecule has 0 atom stereocenters. The minimum absolute atomic E-state index is 0.00362. The highest BCUT2D eigenvalue weighted by molar-refractivity contribution is 5.69. The van der Waals surface area contributed by atoms with Gasteiger partial charge in [0.2, 0.25) is 0 Å². The number of benzene rings is 1. The van der Waals surface area contributed by atoms with Gasteiger partial charge in [-0.3, -0.25) is 10.1 Å². The first kappa shape index (κ1) is 16.0. The van der Waals surface area contributed by atoms with Gasteiger partial charge < -0.3 is 19.3 Å². The Morgan fingerprint density at radius 3 is 2.10 bits per heavy atom. The maximum Gasteiger partial charge on any atom is 0.296 e. The Hall–Kier alpha value is -2.02. The summed E-state index contributed by atoms with van der Waals surface area (Å²) in [6.45, 7) is 1.46. The molecule has 0 saturated heterocycles. The molecule has 0 heterocycles. The highest BCUT2D eigenvalue weighted by Gasteiger charge is 2.22. The Kier molecular flexibility index (Phi) is 5.57. The maximum absolute atomic E-state index is 11.2. The van der Waals surface area contributed by atoms with Crippen LogP contribution in [0, 0.1) is 10.1 Å². The van der Waals surface area contributed by atoms with E-state index in [0.29, 0.717) is 23.7 Å². The highest BCUT2D eigenvalue weighted by Crippen LogP contribution is 2.39. The van der Waals surface area contributed by atoms with Crippen LogP contribution in [0.1, 0.15) is 0 Å². The summed E-state index contributed by atoms with van der Waals surface area (Å²) in [6.07, 6.45) is 0. The number of nitro benzene ring substituents is 1. The zero-order valence-corrected chi connectivity index (χ0v) is 12.5. The molecule has 0 spiro atoms. The molecule has 0 aromatic heterocycles. The van der Waals surface area contributed by atoms with Crippen LogP contribution in [0.25, 0.3) is 0 Å². The fourth-order valence-electron chi connectivity index (χ4n) is 1.78. The van der Waals surface area contributed by atoms with E-state index in [1.54, 1.807) is 6.07 Å².